The van der Waals surface area contributed by atoms with E-state index in [4.69, 9.17) is 0 Å². The third-order valence-corrected chi connectivity index (χ3v) is 3.17. The van der Waals surface area contributed by atoms with E-state index < -0.39 is 0 Å². The molecular formula is C13H17NOS. The third kappa shape index (κ3) is 3.89. The molecule has 1 aliphatic rings. The van der Waals surface area contributed by atoms with Crippen LogP contribution in [0.25, 0.3) is 0 Å². The van der Waals surface area contributed by atoms with E-state index in [-0.39, 0.29) is 5.91 Å². The minimum absolute atomic E-state index is 0.118. The Bertz CT molecular complexity index is 357. The molecule has 1 aromatic rings. The highest BCUT2D eigenvalue weighted by atomic mass is 32.1. The molecule has 86 valence electrons. The Morgan fingerprint density at radius 1 is 1.31 bits per heavy atom. The van der Waals surface area contributed by atoms with Gasteiger partial charge in [-0.2, -0.15) is 0 Å². The van der Waals surface area contributed by atoms with Crippen LogP contribution in [0.2, 0.25) is 0 Å². The summed E-state index contributed by atoms with van der Waals surface area (Å²) in [6, 6.07) is 7.72. The first-order valence-corrected chi connectivity index (χ1v) is 6.23. The molecule has 0 spiro atoms. The lowest BCUT2D eigenvalue weighted by molar-refractivity contribution is -0.120. The van der Waals surface area contributed by atoms with Gasteiger partial charge in [0.2, 0.25) is 5.91 Å². The highest BCUT2D eigenvalue weighted by molar-refractivity contribution is 7.80. The normalized spacial score (nSPS) is 14.8. The lowest BCUT2D eigenvalue weighted by Gasteiger charge is -2.04. The Hall–Kier alpha value is -0.960. The molecule has 3 heteroatoms. The molecule has 16 heavy (non-hydrogen) atoms. The summed E-state index contributed by atoms with van der Waals surface area (Å²) in [6.45, 7) is 0.828. The second kappa shape index (κ2) is 5.39. The molecule has 0 atom stereocenters. The average Bonchev–Trinajstić information content (AvgIpc) is 3.05. The van der Waals surface area contributed by atoms with E-state index in [0.717, 1.165) is 29.3 Å². The molecule has 2 nitrogen and oxygen atoms in total. The van der Waals surface area contributed by atoms with E-state index in [1.165, 1.54) is 12.8 Å². The molecule has 0 bridgehead atoms. The van der Waals surface area contributed by atoms with Gasteiger partial charge in [0.1, 0.15) is 0 Å². The smallest absolute Gasteiger partial charge is 0.224 e. The van der Waals surface area contributed by atoms with Crippen molar-refractivity contribution < 1.29 is 4.79 Å². The van der Waals surface area contributed by atoms with Crippen LogP contribution in [0.5, 0.6) is 0 Å². The summed E-state index contributed by atoms with van der Waals surface area (Å²) in [5, 5.41) is 2.96. The van der Waals surface area contributed by atoms with Crippen LogP contribution in [-0.2, 0) is 11.2 Å². The van der Waals surface area contributed by atoms with Crippen molar-refractivity contribution in [3.8, 4) is 0 Å². The van der Waals surface area contributed by atoms with Gasteiger partial charge in [-0.05, 0) is 30.0 Å². The first kappa shape index (κ1) is 11.5. The molecule has 1 aromatic carbocycles. The SMILES string of the molecule is O=C(Cc1ccc(S)cc1)NCCC1CC1. The Balaban J connectivity index is 1.70. The van der Waals surface area contributed by atoms with E-state index in [1.807, 2.05) is 24.3 Å². The van der Waals surface area contributed by atoms with Crippen molar-refractivity contribution >= 4 is 18.5 Å². The van der Waals surface area contributed by atoms with Crippen LogP contribution >= 0.6 is 12.6 Å². The fourth-order valence-electron chi connectivity index (χ4n) is 1.68. The molecule has 0 radical (unpaired) electrons. The molecule has 0 aromatic heterocycles. The highest BCUT2D eigenvalue weighted by Gasteiger charge is 2.20. The number of hydrogen-bond acceptors (Lipinski definition) is 2. The van der Waals surface area contributed by atoms with Gasteiger partial charge in [0.05, 0.1) is 6.42 Å². The monoisotopic (exact) mass is 235 g/mol. The molecule has 1 saturated carbocycles. The Kier molecular flexibility index (Phi) is 3.88. The topological polar surface area (TPSA) is 29.1 Å². The molecule has 1 aliphatic carbocycles. The highest BCUT2D eigenvalue weighted by Crippen LogP contribution is 2.31. The van der Waals surface area contributed by atoms with Crippen LogP contribution in [0, 0.1) is 5.92 Å². The second-order valence-corrected chi connectivity index (χ2v) is 4.94. The zero-order chi connectivity index (χ0) is 11.4. The summed E-state index contributed by atoms with van der Waals surface area (Å²) in [5.74, 6) is 0.997. The van der Waals surface area contributed by atoms with E-state index in [2.05, 4.69) is 17.9 Å². The number of rotatable bonds is 5. The van der Waals surface area contributed by atoms with Gasteiger partial charge in [0.25, 0.3) is 0 Å². The molecule has 0 aliphatic heterocycles. The van der Waals surface area contributed by atoms with Crippen LogP contribution < -0.4 is 5.32 Å². The van der Waals surface area contributed by atoms with Crippen molar-refractivity contribution in [3.63, 3.8) is 0 Å². The van der Waals surface area contributed by atoms with Crippen molar-refractivity contribution in [2.45, 2.75) is 30.6 Å². The van der Waals surface area contributed by atoms with Crippen molar-refractivity contribution in [2.75, 3.05) is 6.54 Å². The number of amides is 1. The molecule has 0 unspecified atom stereocenters. The quantitative estimate of drug-likeness (QED) is 0.754. The number of nitrogens with one attached hydrogen (secondary N) is 1. The van der Waals surface area contributed by atoms with Gasteiger partial charge in [0.15, 0.2) is 0 Å². The first-order valence-electron chi connectivity index (χ1n) is 5.78. The number of benzene rings is 1. The summed E-state index contributed by atoms with van der Waals surface area (Å²) < 4.78 is 0. The van der Waals surface area contributed by atoms with Crippen LogP contribution in [0.4, 0.5) is 0 Å². The maximum atomic E-state index is 11.6. The zero-order valence-electron chi connectivity index (χ0n) is 9.28. The molecular weight excluding hydrogens is 218 g/mol. The lowest BCUT2D eigenvalue weighted by atomic mass is 10.1. The molecule has 1 N–H and O–H groups in total. The van der Waals surface area contributed by atoms with Crippen molar-refractivity contribution in [2.24, 2.45) is 5.92 Å². The van der Waals surface area contributed by atoms with E-state index in [9.17, 15) is 4.79 Å². The van der Waals surface area contributed by atoms with Gasteiger partial charge >= 0.3 is 0 Å². The van der Waals surface area contributed by atoms with Gasteiger partial charge < -0.3 is 5.32 Å². The predicted octanol–water partition coefficient (Wildman–Crippen LogP) is 2.43. The minimum Gasteiger partial charge on any atom is -0.356 e. The van der Waals surface area contributed by atoms with Gasteiger partial charge in [0, 0.05) is 11.4 Å². The standard InChI is InChI=1S/C13H17NOS/c15-13(14-8-7-10-1-2-10)9-11-3-5-12(16)6-4-11/h3-6,10,16H,1-2,7-9H2,(H,14,15). The lowest BCUT2D eigenvalue weighted by Crippen LogP contribution is -2.26. The Morgan fingerprint density at radius 3 is 2.62 bits per heavy atom. The number of carbonyl (C=O) groups excluding carboxylic acids is 1. The maximum Gasteiger partial charge on any atom is 0.224 e. The molecule has 2 rings (SSSR count). The summed E-state index contributed by atoms with van der Waals surface area (Å²) in [6.07, 6.45) is 4.30. The van der Waals surface area contributed by atoms with Gasteiger partial charge in [-0.25, -0.2) is 0 Å². The largest absolute Gasteiger partial charge is 0.356 e. The van der Waals surface area contributed by atoms with Crippen LogP contribution in [0.1, 0.15) is 24.8 Å². The molecule has 1 fully saturated rings. The van der Waals surface area contributed by atoms with E-state index in [0.29, 0.717) is 6.42 Å². The summed E-state index contributed by atoms with van der Waals surface area (Å²) in [4.78, 5) is 12.5. The Labute approximate surface area is 102 Å². The number of carbonyl (C=O) groups is 1. The summed E-state index contributed by atoms with van der Waals surface area (Å²) in [7, 11) is 0. The molecule has 0 saturated heterocycles. The average molecular weight is 235 g/mol. The van der Waals surface area contributed by atoms with Crippen LogP contribution in [-0.4, -0.2) is 12.5 Å². The summed E-state index contributed by atoms with van der Waals surface area (Å²) >= 11 is 4.21. The fraction of sp³-hybridized carbons (Fsp3) is 0.462. The zero-order valence-corrected chi connectivity index (χ0v) is 10.2. The van der Waals surface area contributed by atoms with Crippen molar-refractivity contribution in [1.82, 2.24) is 5.32 Å². The number of thiol groups is 1. The van der Waals surface area contributed by atoms with E-state index >= 15 is 0 Å². The van der Waals surface area contributed by atoms with Crippen molar-refractivity contribution in [1.29, 1.82) is 0 Å². The van der Waals surface area contributed by atoms with Crippen molar-refractivity contribution in [3.05, 3.63) is 29.8 Å². The van der Waals surface area contributed by atoms with Gasteiger partial charge in [-0.1, -0.05) is 25.0 Å². The minimum atomic E-state index is 0.118. The van der Waals surface area contributed by atoms with Crippen LogP contribution in [0.3, 0.4) is 0 Å². The third-order valence-electron chi connectivity index (χ3n) is 2.87. The molecule has 0 heterocycles. The predicted molar refractivity (Wildman–Crippen MR) is 67.7 cm³/mol. The molecule has 1 amide bonds. The fourth-order valence-corrected chi connectivity index (χ4v) is 1.83. The Morgan fingerprint density at radius 2 is 2.00 bits per heavy atom. The van der Waals surface area contributed by atoms with Gasteiger partial charge in [-0.15, -0.1) is 12.6 Å². The summed E-state index contributed by atoms with van der Waals surface area (Å²) in [5.41, 5.74) is 1.04. The van der Waals surface area contributed by atoms with Gasteiger partial charge in [-0.3, -0.25) is 4.79 Å². The first-order chi connectivity index (χ1) is 7.74. The maximum absolute atomic E-state index is 11.6. The van der Waals surface area contributed by atoms with E-state index in [1.54, 1.807) is 0 Å². The second-order valence-electron chi connectivity index (χ2n) is 4.43. The number of hydrogen-bond donors (Lipinski definition) is 2. The van der Waals surface area contributed by atoms with Crippen LogP contribution in [0.15, 0.2) is 29.2 Å².